The Hall–Kier alpha value is -1.32. The van der Waals surface area contributed by atoms with Gasteiger partial charge < -0.3 is 25.0 Å². The maximum atomic E-state index is 9.28. The molecular formula is C14H23ClN4O4. The number of halogens is 1. The minimum absolute atomic E-state index is 0.238. The van der Waals surface area contributed by atoms with E-state index in [1.807, 2.05) is 13.8 Å². The van der Waals surface area contributed by atoms with Gasteiger partial charge in [0.05, 0.1) is 19.0 Å². The Bertz CT molecular complexity index is 568. The predicted molar refractivity (Wildman–Crippen MR) is 86.1 cm³/mol. The first-order valence-corrected chi connectivity index (χ1v) is 7.89. The number of H-pyrrole nitrogens is 1. The quantitative estimate of drug-likeness (QED) is 0.566. The molecule has 8 nitrogen and oxygen atoms in total. The summed E-state index contributed by atoms with van der Waals surface area (Å²) in [6, 6.07) is 0. The minimum atomic E-state index is -0.942. The lowest BCUT2D eigenvalue weighted by Crippen LogP contribution is -2.39. The van der Waals surface area contributed by atoms with Gasteiger partial charge in [0.25, 0.3) is 0 Å². The SMILES string of the molecule is CC.Clc1ncnc2nc[nH]c12.OCC1OCCCC(O)C1O. The zero-order valence-electron chi connectivity index (χ0n) is 13.2. The molecule has 0 amide bonds. The van der Waals surface area contributed by atoms with Crippen molar-refractivity contribution in [3.05, 3.63) is 17.8 Å². The summed E-state index contributed by atoms with van der Waals surface area (Å²) >= 11 is 5.68. The molecule has 23 heavy (non-hydrogen) atoms. The van der Waals surface area contributed by atoms with Gasteiger partial charge in [0.2, 0.25) is 0 Å². The highest BCUT2D eigenvalue weighted by atomic mass is 35.5. The number of hydrogen-bond donors (Lipinski definition) is 4. The Labute approximate surface area is 139 Å². The van der Waals surface area contributed by atoms with E-state index in [2.05, 4.69) is 19.9 Å². The van der Waals surface area contributed by atoms with Crippen molar-refractivity contribution in [2.24, 2.45) is 0 Å². The molecule has 3 unspecified atom stereocenters. The van der Waals surface area contributed by atoms with Crippen LogP contribution >= 0.6 is 11.6 Å². The first-order valence-electron chi connectivity index (χ1n) is 7.51. The van der Waals surface area contributed by atoms with Crippen LogP contribution in [0.3, 0.4) is 0 Å². The second-order valence-corrected chi connectivity index (χ2v) is 4.92. The third kappa shape index (κ3) is 5.67. The summed E-state index contributed by atoms with van der Waals surface area (Å²) in [5, 5.41) is 27.6. The fraction of sp³-hybridized carbons (Fsp3) is 0.643. The predicted octanol–water partition coefficient (Wildman–Crippen LogP) is 0.912. The Kier molecular flexibility index (Phi) is 8.97. The number of nitrogens with zero attached hydrogens (tertiary/aromatic N) is 3. The highest BCUT2D eigenvalue weighted by Crippen LogP contribution is 2.14. The third-order valence-corrected chi connectivity index (χ3v) is 3.39. The second-order valence-electron chi connectivity index (χ2n) is 4.56. The standard InChI is InChI=1S/C7H14O4.C5H3ClN4.C2H6/c8-4-6-7(10)5(9)2-1-3-11-6;6-4-3-5(9-1-7-3)10-2-8-4;1-2/h5-10H,1-4H2;1-2H,(H,7,8,9,10);1-2H3. The lowest BCUT2D eigenvalue weighted by atomic mass is 10.1. The maximum Gasteiger partial charge on any atom is 0.182 e. The molecule has 2 aromatic rings. The number of aromatic nitrogens is 4. The largest absolute Gasteiger partial charge is 0.394 e. The molecule has 4 N–H and O–H groups in total. The van der Waals surface area contributed by atoms with Crippen LogP contribution in [0.25, 0.3) is 11.2 Å². The zero-order valence-corrected chi connectivity index (χ0v) is 13.9. The van der Waals surface area contributed by atoms with Gasteiger partial charge in [-0.2, -0.15) is 0 Å². The summed E-state index contributed by atoms with van der Waals surface area (Å²) in [5.74, 6) is 0. The molecule has 1 aliphatic rings. The average molecular weight is 347 g/mol. The molecule has 0 radical (unpaired) electrons. The van der Waals surface area contributed by atoms with Gasteiger partial charge >= 0.3 is 0 Å². The fourth-order valence-electron chi connectivity index (χ4n) is 1.94. The van der Waals surface area contributed by atoms with Crippen molar-refractivity contribution < 1.29 is 20.1 Å². The third-order valence-electron chi connectivity index (χ3n) is 3.11. The highest BCUT2D eigenvalue weighted by Gasteiger charge is 2.28. The van der Waals surface area contributed by atoms with E-state index in [0.29, 0.717) is 29.3 Å². The maximum absolute atomic E-state index is 9.28. The Morgan fingerprint density at radius 2 is 2.04 bits per heavy atom. The van der Waals surface area contributed by atoms with Crippen LogP contribution in [0, 0.1) is 0 Å². The Morgan fingerprint density at radius 1 is 1.30 bits per heavy atom. The normalized spacial score (nSPS) is 24.0. The molecule has 9 heteroatoms. The molecule has 0 saturated carbocycles. The fourth-order valence-corrected chi connectivity index (χ4v) is 2.12. The van der Waals surface area contributed by atoms with Crippen LogP contribution in [-0.2, 0) is 4.74 Å². The van der Waals surface area contributed by atoms with Crippen LogP contribution in [0.5, 0.6) is 0 Å². The number of ether oxygens (including phenoxy) is 1. The van der Waals surface area contributed by atoms with Crippen LogP contribution in [0.1, 0.15) is 26.7 Å². The van der Waals surface area contributed by atoms with Crippen molar-refractivity contribution >= 4 is 22.8 Å². The number of aliphatic hydroxyl groups is 3. The first-order chi connectivity index (χ1) is 11.1. The molecule has 0 bridgehead atoms. The first kappa shape index (κ1) is 19.7. The Balaban J connectivity index is 0.000000208. The molecule has 2 aromatic heterocycles. The average Bonchev–Trinajstić information content (AvgIpc) is 3.00. The van der Waals surface area contributed by atoms with E-state index in [4.69, 9.17) is 21.4 Å². The summed E-state index contributed by atoms with van der Waals surface area (Å²) in [4.78, 5) is 14.3. The zero-order chi connectivity index (χ0) is 17.2. The minimum Gasteiger partial charge on any atom is -0.394 e. The van der Waals surface area contributed by atoms with E-state index >= 15 is 0 Å². The summed E-state index contributed by atoms with van der Waals surface area (Å²) in [6.07, 6.45) is 1.87. The number of imidazole rings is 1. The van der Waals surface area contributed by atoms with Gasteiger partial charge in [0.1, 0.15) is 24.1 Å². The number of fused-ring (bicyclic) bond motifs is 1. The molecule has 3 heterocycles. The van der Waals surface area contributed by atoms with E-state index in [1.165, 1.54) is 12.7 Å². The van der Waals surface area contributed by atoms with Crippen LogP contribution < -0.4 is 0 Å². The van der Waals surface area contributed by atoms with Crippen molar-refractivity contribution in [3.63, 3.8) is 0 Å². The summed E-state index contributed by atoms with van der Waals surface area (Å²) in [7, 11) is 0. The van der Waals surface area contributed by atoms with Gasteiger partial charge in [-0.05, 0) is 12.8 Å². The van der Waals surface area contributed by atoms with Crippen LogP contribution in [0.4, 0.5) is 0 Å². The molecule has 3 atom stereocenters. The molecule has 3 rings (SSSR count). The number of rotatable bonds is 1. The van der Waals surface area contributed by atoms with Crippen molar-refractivity contribution in [2.45, 2.75) is 45.0 Å². The topological polar surface area (TPSA) is 124 Å². The van der Waals surface area contributed by atoms with Crippen molar-refractivity contribution in [2.75, 3.05) is 13.2 Å². The van der Waals surface area contributed by atoms with Crippen LogP contribution in [-0.4, -0.2) is 66.8 Å². The van der Waals surface area contributed by atoms with E-state index in [9.17, 15) is 10.2 Å². The highest BCUT2D eigenvalue weighted by molar-refractivity contribution is 6.33. The molecule has 1 fully saturated rings. The van der Waals surface area contributed by atoms with Crippen molar-refractivity contribution in [1.29, 1.82) is 0 Å². The van der Waals surface area contributed by atoms with E-state index < -0.39 is 18.3 Å². The van der Waals surface area contributed by atoms with Gasteiger partial charge in [-0.1, -0.05) is 25.4 Å². The van der Waals surface area contributed by atoms with Gasteiger partial charge in [-0.3, -0.25) is 0 Å². The lowest BCUT2D eigenvalue weighted by Gasteiger charge is -2.21. The summed E-state index contributed by atoms with van der Waals surface area (Å²) in [6.45, 7) is 4.26. The van der Waals surface area contributed by atoms with Crippen LogP contribution in [0.15, 0.2) is 12.7 Å². The molecule has 1 saturated heterocycles. The molecule has 0 aliphatic carbocycles. The smallest absolute Gasteiger partial charge is 0.182 e. The molecule has 0 spiro atoms. The molecule has 0 aromatic carbocycles. The second kappa shape index (κ2) is 10.5. The monoisotopic (exact) mass is 346 g/mol. The van der Waals surface area contributed by atoms with E-state index in [-0.39, 0.29) is 6.61 Å². The summed E-state index contributed by atoms with van der Waals surface area (Å²) < 4.78 is 5.07. The van der Waals surface area contributed by atoms with E-state index in [1.54, 1.807) is 0 Å². The van der Waals surface area contributed by atoms with Gasteiger partial charge in [0, 0.05) is 6.61 Å². The van der Waals surface area contributed by atoms with Crippen molar-refractivity contribution in [3.8, 4) is 0 Å². The Morgan fingerprint density at radius 3 is 2.70 bits per heavy atom. The number of hydrogen-bond acceptors (Lipinski definition) is 7. The number of nitrogens with one attached hydrogen (secondary N) is 1. The number of aromatic amines is 1. The number of aliphatic hydroxyl groups excluding tert-OH is 3. The van der Waals surface area contributed by atoms with Gasteiger partial charge in [-0.15, -0.1) is 0 Å². The van der Waals surface area contributed by atoms with Crippen LogP contribution in [0.2, 0.25) is 5.15 Å². The molecular weight excluding hydrogens is 324 g/mol. The van der Waals surface area contributed by atoms with E-state index in [0.717, 1.165) is 6.42 Å². The molecule has 1 aliphatic heterocycles. The van der Waals surface area contributed by atoms with Gasteiger partial charge in [0.15, 0.2) is 10.8 Å². The van der Waals surface area contributed by atoms with Crippen molar-refractivity contribution in [1.82, 2.24) is 19.9 Å². The lowest BCUT2D eigenvalue weighted by molar-refractivity contribution is -0.0887. The summed E-state index contributed by atoms with van der Waals surface area (Å²) in [5.41, 5.74) is 1.28. The van der Waals surface area contributed by atoms with Gasteiger partial charge in [-0.25, -0.2) is 15.0 Å². The molecule has 130 valence electrons.